The highest BCUT2D eigenvalue weighted by Crippen LogP contribution is 2.46. The van der Waals surface area contributed by atoms with Crippen LogP contribution in [0.1, 0.15) is 79.7 Å². The zero-order valence-electron chi connectivity index (χ0n) is 38.1. The number of carbonyl (C=O) groups is 2. The largest absolute Gasteiger partial charge is 0.494 e. The number of carboxylic acid groups (broad SMARTS) is 1. The van der Waals surface area contributed by atoms with Gasteiger partial charge in [-0.3, -0.25) is 9.78 Å². The highest BCUT2D eigenvalue weighted by molar-refractivity contribution is 6.76. The van der Waals surface area contributed by atoms with Crippen molar-refractivity contribution in [2.24, 2.45) is 0 Å². The molecule has 1 amide bonds. The highest BCUT2D eigenvalue weighted by atomic mass is 35.5. The lowest BCUT2D eigenvalue weighted by Gasteiger charge is -2.35. The van der Waals surface area contributed by atoms with Crippen LogP contribution in [0.4, 0.5) is 5.69 Å². The second kappa shape index (κ2) is 17.9. The van der Waals surface area contributed by atoms with E-state index < -0.39 is 14.0 Å². The van der Waals surface area contributed by atoms with Crippen molar-refractivity contribution in [3.05, 3.63) is 128 Å². The Kier molecular flexibility index (Phi) is 12.6. The van der Waals surface area contributed by atoms with Gasteiger partial charge in [0.25, 0.3) is 5.91 Å². The van der Waals surface area contributed by atoms with Crippen LogP contribution in [0.3, 0.4) is 0 Å². The molecule has 8 rings (SSSR count). The lowest BCUT2D eigenvalue weighted by atomic mass is 9.98. The molecule has 1 aliphatic heterocycles. The van der Waals surface area contributed by atoms with Crippen molar-refractivity contribution >= 4 is 70.6 Å². The van der Waals surface area contributed by atoms with Gasteiger partial charge >= 0.3 is 5.97 Å². The van der Waals surface area contributed by atoms with Crippen molar-refractivity contribution in [3.8, 4) is 16.9 Å². The van der Waals surface area contributed by atoms with Gasteiger partial charge in [0, 0.05) is 66.1 Å². The number of pyridine rings is 1. The minimum Gasteiger partial charge on any atom is -0.494 e. The Morgan fingerprint density at radius 2 is 1.69 bits per heavy atom. The third-order valence-electron chi connectivity index (χ3n) is 12.3. The molecular weight excluding hydrogens is 864 g/mol. The summed E-state index contributed by atoms with van der Waals surface area (Å²) in [6, 6.07) is 20.0. The Labute approximate surface area is 385 Å². The Bertz CT molecular complexity index is 2930. The van der Waals surface area contributed by atoms with Crippen molar-refractivity contribution in [2.75, 3.05) is 24.7 Å². The fraction of sp³-hybridized carbons (Fsp3) is 0.360. The molecule has 4 aromatic heterocycles. The first-order valence-electron chi connectivity index (χ1n) is 21.9. The minimum atomic E-state index is -1.28. The number of rotatable bonds is 15. The van der Waals surface area contributed by atoms with Crippen LogP contribution in [0.5, 0.6) is 5.75 Å². The number of fused-ring (bicyclic) bond motifs is 4. The highest BCUT2D eigenvalue weighted by Gasteiger charge is 2.38. The molecule has 14 heteroatoms. The van der Waals surface area contributed by atoms with Gasteiger partial charge in [-0.25, -0.2) is 9.48 Å². The topological polar surface area (TPSA) is 117 Å². The minimum absolute atomic E-state index is 0.123. The number of anilines is 1. The molecule has 3 aromatic carbocycles. The summed E-state index contributed by atoms with van der Waals surface area (Å²) in [6.45, 7) is 21.1. The fourth-order valence-corrected chi connectivity index (χ4v) is 10.4. The molecule has 1 unspecified atom stereocenters. The van der Waals surface area contributed by atoms with Crippen LogP contribution in [0, 0.1) is 34.6 Å². The predicted octanol–water partition coefficient (Wildman–Crippen LogP) is 12.0. The van der Waals surface area contributed by atoms with Crippen LogP contribution in [0.15, 0.2) is 66.9 Å². The van der Waals surface area contributed by atoms with Crippen molar-refractivity contribution in [2.45, 2.75) is 99.4 Å². The van der Waals surface area contributed by atoms with E-state index in [4.69, 9.17) is 37.8 Å². The third kappa shape index (κ3) is 8.60. The summed E-state index contributed by atoms with van der Waals surface area (Å²) in [6.07, 6.45) is 2.87. The van der Waals surface area contributed by atoms with Crippen molar-refractivity contribution in [1.29, 1.82) is 0 Å². The van der Waals surface area contributed by atoms with Crippen LogP contribution in [-0.2, 0) is 24.4 Å². The Balaban J connectivity index is 1.27. The average molecular weight is 920 g/mol. The van der Waals surface area contributed by atoms with E-state index in [1.54, 1.807) is 16.8 Å². The Morgan fingerprint density at radius 1 is 0.938 bits per heavy atom. The van der Waals surface area contributed by atoms with E-state index in [-0.39, 0.29) is 24.2 Å². The van der Waals surface area contributed by atoms with Gasteiger partial charge in [0.15, 0.2) is 0 Å². The number of hydrogen-bond acceptors (Lipinski definition) is 6. The van der Waals surface area contributed by atoms with Crippen molar-refractivity contribution in [1.82, 2.24) is 23.9 Å². The monoisotopic (exact) mass is 918 g/mol. The summed E-state index contributed by atoms with van der Waals surface area (Å²) in [5.74, 6) is -0.483. The van der Waals surface area contributed by atoms with Crippen LogP contribution >= 0.6 is 23.2 Å². The van der Waals surface area contributed by atoms with Crippen LogP contribution < -0.4 is 9.64 Å². The first kappa shape index (κ1) is 45.2. The molecule has 0 radical (unpaired) electrons. The number of benzene rings is 3. The quantitative estimate of drug-likeness (QED) is 0.0804. The molecule has 1 aliphatic rings. The molecular formula is C50H56Cl2N6O5Si. The Morgan fingerprint density at radius 3 is 2.38 bits per heavy atom. The van der Waals surface area contributed by atoms with Crippen LogP contribution in [0.2, 0.25) is 35.7 Å². The van der Waals surface area contributed by atoms with E-state index in [9.17, 15) is 9.90 Å². The molecule has 11 nitrogen and oxygen atoms in total. The Hall–Kier alpha value is -5.40. The normalized spacial score (nSPS) is 14.3. The van der Waals surface area contributed by atoms with E-state index in [1.807, 2.05) is 91.9 Å². The van der Waals surface area contributed by atoms with Gasteiger partial charge in [-0.15, -0.1) is 0 Å². The van der Waals surface area contributed by atoms with Gasteiger partial charge < -0.3 is 28.6 Å². The third-order valence-corrected chi connectivity index (χ3v) is 14.9. The summed E-state index contributed by atoms with van der Waals surface area (Å²) in [5.41, 5.74) is 10.8. The molecule has 1 atom stereocenters. The number of carbonyl (C=O) groups excluding carboxylic acids is 1. The smallest absolute Gasteiger partial charge is 0.352 e. The summed E-state index contributed by atoms with van der Waals surface area (Å²) in [4.78, 5) is 34.8. The number of halogens is 2. The number of aryl methyl sites for hydroxylation is 5. The zero-order chi connectivity index (χ0) is 45.8. The van der Waals surface area contributed by atoms with Crippen molar-refractivity contribution in [3.63, 3.8) is 0 Å². The lowest BCUT2D eigenvalue weighted by Crippen LogP contribution is -2.43. The van der Waals surface area contributed by atoms with Gasteiger partial charge in [-0.1, -0.05) is 55.0 Å². The molecule has 0 fully saturated rings. The standard InChI is InChI=1S/C50H56Cl2N6O5Si/c1-29-21-35-25-42(50(60)61)55(27-36-13-10-11-17-53-36)46(35)41(22-29)56-26-32(4)58-47-39(38(48(58)49(56)59)14-12-18-63-37-23-30(2)45(52)31(3)24-37)15-16-40(51)44(47)43-33(5)54-57(34(43)6)28-62-19-20-64(7,8)9/h10-11,13,15-17,21-25,32H,12,14,18-20,26-28H2,1-9H3,(H,60,61). The van der Waals surface area contributed by atoms with E-state index in [0.717, 1.165) is 77.9 Å². The number of amides is 1. The van der Waals surface area contributed by atoms with E-state index >= 15 is 4.79 Å². The summed E-state index contributed by atoms with van der Waals surface area (Å²) < 4.78 is 18.3. The molecule has 0 saturated carbocycles. The predicted molar refractivity (Wildman–Crippen MR) is 260 cm³/mol. The molecule has 1 N–H and O–H groups in total. The summed E-state index contributed by atoms with van der Waals surface area (Å²) in [7, 11) is -1.28. The summed E-state index contributed by atoms with van der Waals surface area (Å²) >= 11 is 13.8. The SMILES string of the molecule is Cc1cc(N2CC(C)n3c(c(CCCOc4cc(C)c(Cl)c(C)c4)c4ccc(Cl)c(-c5c(C)nn(COCC[Si](C)(C)C)c5C)c43)C2=O)c2c(c1)cc(C(=O)O)n2Cc1ccccn1. The second-order valence-corrected chi connectivity index (χ2v) is 24.9. The number of nitrogens with zero attached hydrogens (tertiary/aromatic N) is 6. The second-order valence-electron chi connectivity index (χ2n) is 18.5. The van der Waals surface area contributed by atoms with Gasteiger partial charge in [-0.2, -0.15) is 5.10 Å². The maximum Gasteiger partial charge on any atom is 0.352 e. The van der Waals surface area contributed by atoms with Crippen LogP contribution in [-0.4, -0.2) is 68.7 Å². The number of ether oxygens (including phenoxy) is 2. The molecule has 64 heavy (non-hydrogen) atoms. The maximum absolute atomic E-state index is 15.6. The molecule has 7 aromatic rings. The molecule has 5 heterocycles. The number of aromatic nitrogens is 5. The molecule has 0 spiro atoms. The fourth-order valence-electron chi connectivity index (χ4n) is 9.25. The first-order valence-corrected chi connectivity index (χ1v) is 26.4. The average Bonchev–Trinajstić information content (AvgIpc) is 3.86. The van der Waals surface area contributed by atoms with Gasteiger partial charge in [0.05, 0.1) is 46.3 Å². The van der Waals surface area contributed by atoms with E-state index in [1.165, 1.54) is 0 Å². The van der Waals surface area contributed by atoms with Gasteiger partial charge in [0.1, 0.15) is 23.9 Å². The van der Waals surface area contributed by atoms with Gasteiger partial charge in [-0.05, 0) is 131 Å². The number of carboxylic acids is 1. The molecule has 0 bridgehead atoms. The van der Waals surface area contributed by atoms with E-state index in [0.29, 0.717) is 66.9 Å². The zero-order valence-corrected chi connectivity index (χ0v) is 40.6. The number of aromatic carboxylic acids is 1. The number of hydrogen-bond donors (Lipinski definition) is 1. The van der Waals surface area contributed by atoms with E-state index in [2.05, 4.69) is 43.0 Å². The van der Waals surface area contributed by atoms with Crippen molar-refractivity contribution < 1.29 is 24.2 Å². The molecule has 0 aliphatic carbocycles. The molecule has 0 saturated heterocycles. The van der Waals surface area contributed by atoms with Crippen LogP contribution in [0.25, 0.3) is 32.9 Å². The van der Waals surface area contributed by atoms with Gasteiger partial charge in [0.2, 0.25) is 0 Å². The maximum atomic E-state index is 15.6. The molecule has 334 valence electrons. The first-order chi connectivity index (χ1) is 30.4. The summed E-state index contributed by atoms with van der Waals surface area (Å²) in [5, 5.41) is 18.4. The lowest BCUT2D eigenvalue weighted by molar-refractivity contribution is 0.0686.